The molecule has 16 heavy (non-hydrogen) atoms. The van der Waals surface area contributed by atoms with Gasteiger partial charge in [0.15, 0.2) is 0 Å². The van der Waals surface area contributed by atoms with Gasteiger partial charge in [0.2, 0.25) is 0 Å². The summed E-state index contributed by atoms with van der Waals surface area (Å²) < 4.78 is 0.817. The van der Waals surface area contributed by atoms with Crippen LogP contribution >= 0.6 is 15.9 Å². The van der Waals surface area contributed by atoms with Gasteiger partial charge in [-0.25, -0.2) is 0 Å². The molecule has 0 aliphatic carbocycles. The van der Waals surface area contributed by atoms with Crippen molar-refractivity contribution in [3.8, 4) is 0 Å². The van der Waals surface area contributed by atoms with E-state index in [4.69, 9.17) is 5.11 Å². The van der Waals surface area contributed by atoms with Gasteiger partial charge in [-0.1, -0.05) is 12.1 Å². The largest absolute Gasteiger partial charge is 0.394 e. The van der Waals surface area contributed by atoms with Crippen LogP contribution in [0.3, 0.4) is 0 Å². The van der Waals surface area contributed by atoms with E-state index in [0.717, 1.165) is 10.0 Å². The Kier molecular flexibility index (Phi) is 4.50. The van der Waals surface area contributed by atoms with Crippen molar-refractivity contribution in [2.24, 2.45) is 0 Å². The van der Waals surface area contributed by atoms with Crippen LogP contribution in [0.25, 0.3) is 0 Å². The highest BCUT2D eigenvalue weighted by Gasteiger charge is 2.19. The number of likely N-dealkylation sites (N-methyl/N-ethyl adjacent to an activating group) is 1. The Balaban J connectivity index is 3.01. The molecule has 0 radical (unpaired) electrons. The first kappa shape index (κ1) is 13.2. The Labute approximate surface area is 104 Å². The minimum atomic E-state index is -0.181. The number of halogens is 1. The summed E-state index contributed by atoms with van der Waals surface area (Å²) in [5, 5.41) is 9.02. The van der Waals surface area contributed by atoms with Gasteiger partial charge in [-0.3, -0.25) is 4.79 Å². The zero-order valence-corrected chi connectivity index (χ0v) is 11.3. The average molecular weight is 286 g/mol. The number of carbonyl (C=O) groups is 1. The topological polar surface area (TPSA) is 40.5 Å². The van der Waals surface area contributed by atoms with E-state index < -0.39 is 0 Å². The zero-order chi connectivity index (χ0) is 12.3. The lowest BCUT2D eigenvalue weighted by Crippen LogP contribution is -2.37. The Morgan fingerprint density at radius 2 is 2.19 bits per heavy atom. The second-order valence-corrected chi connectivity index (χ2v) is 4.68. The van der Waals surface area contributed by atoms with Gasteiger partial charge in [-0.2, -0.15) is 0 Å². The van der Waals surface area contributed by atoms with Gasteiger partial charge in [0.25, 0.3) is 5.91 Å². The molecule has 0 saturated carbocycles. The molecule has 1 amide bonds. The van der Waals surface area contributed by atoms with E-state index in [0.29, 0.717) is 5.56 Å². The zero-order valence-electron chi connectivity index (χ0n) is 9.70. The molecule has 1 atom stereocenters. The lowest BCUT2D eigenvalue weighted by molar-refractivity contribution is 0.0681. The van der Waals surface area contributed by atoms with E-state index >= 15 is 0 Å². The molecular weight excluding hydrogens is 270 g/mol. The molecule has 4 heteroatoms. The fourth-order valence-corrected chi connectivity index (χ4v) is 1.76. The first-order chi connectivity index (χ1) is 7.49. The molecule has 1 rings (SSSR count). The van der Waals surface area contributed by atoms with Crippen molar-refractivity contribution in [2.75, 3.05) is 13.7 Å². The van der Waals surface area contributed by atoms with E-state index in [2.05, 4.69) is 15.9 Å². The fourth-order valence-electron chi connectivity index (χ4n) is 1.33. The van der Waals surface area contributed by atoms with Crippen LogP contribution in [-0.4, -0.2) is 35.6 Å². The molecule has 0 fully saturated rings. The average Bonchev–Trinajstić information content (AvgIpc) is 2.29. The van der Waals surface area contributed by atoms with Crippen LogP contribution in [0.2, 0.25) is 0 Å². The smallest absolute Gasteiger partial charge is 0.255 e. The summed E-state index contributed by atoms with van der Waals surface area (Å²) in [6.07, 6.45) is 0. The molecule has 0 heterocycles. The highest BCUT2D eigenvalue weighted by molar-refractivity contribution is 9.10. The Bertz CT molecular complexity index is 393. The second kappa shape index (κ2) is 5.46. The molecule has 1 aromatic rings. The van der Waals surface area contributed by atoms with E-state index in [1.54, 1.807) is 18.0 Å². The molecule has 0 aliphatic heterocycles. The number of hydrogen-bond acceptors (Lipinski definition) is 2. The highest BCUT2D eigenvalue weighted by Crippen LogP contribution is 2.22. The van der Waals surface area contributed by atoms with Crippen LogP contribution in [0, 0.1) is 6.92 Å². The molecule has 0 bridgehead atoms. The molecule has 0 aromatic heterocycles. The summed E-state index contributed by atoms with van der Waals surface area (Å²) >= 11 is 3.41. The molecule has 3 nitrogen and oxygen atoms in total. The van der Waals surface area contributed by atoms with E-state index in [1.165, 1.54) is 0 Å². The first-order valence-electron chi connectivity index (χ1n) is 5.12. The lowest BCUT2D eigenvalue weighted by atomic mass is 10.1. The maximum absolute atomic E-state index is 12.1. The normalized spacial score (nSPS) is 12.3. The second-order valence-electron chi connectivity index (χ2n) is 3.88. The van der Waals surface area contributed by atoms with Gasteiger partial charge in [0.05, 0.1) is 18.2 Å². The van der Waals surface area contributed by atoms with Crippen LogP contribution in [-0.2, 0) is 0 Å². The lowest BCUT2D eigenvalue weighted by Gasteiger charge is -2.23. The first-order valence-corrected chi connectivity index (χ1v) is 5.91. The van der Waals surface area contributed by atoms with E-state index in [1.807, 2.05) is 26.0 Å². The van der Waals surface area contributed by atoms with Gasteiger partial charge < -0.3 is 10.0 Å². The van der Waals surface area contributed by atoms with Gasteiger partial charge in [-0.15, -0.1) is 0 Å². The molecule has 0 aliphatic rings. The summed E-state index contributed by atoms with van der Waals surface area (Å²) in [5.74, 6) is -0.0860. The van der Waals surface area contributed by atoms with Crippen LogP contribution in [0.4, 0.5) is 0 Å². The molecule has 1 unspecified atom stereocenters. The molecular formula is C12H16BrNO2. The molecule has 88 valence electrons. The standard InChI is InChI=1S/C12H16BrNO2/c1-8-5-4-6-10(11(8)13)12(16)14(3)9(2)7-15/h4-6,9,15H,7H2,1-3H3. The van der Waals surface area contributed by atoms with Crippen molar-refractivity contribution >= 4 is 21.8 Å². The number of benzene rings is 1. The monoisotopic (exact) mass is 285 g/mol. The Morgan fingerprint density at radius 3 is 2.75 bits per heavy atom. The predicted octanol–water partition coefficient (Wildman–Crippen LogP) is 2.21. The van der Waals surface area contributed by atoms with Crippen molar-refractivity contribution in [3.05, 3.63) is 33.8 Å². The third-order valence-corrected chi connectivity index (χ3v) is 3.72. The number of carbonyl (C=O) groups excluding carboxylic acids is 1. The third kappa shape index (κ3) is 2.62. The van der Waals surface area contributed by atoms with Crippen molar-refractivity contribution < 1.29 is 9.90 Å². The highest BCUT2D eigenvalue weighted by atomic mass is 79.9. The van der Waals surface area contributed by atoms with E-state index in [9.17, 15) is 4.79 Å². The molecule has 0 spiro atoms. The minimum absolute atomic E-state index is 0.0360. The van der Waals surface area contributed by atoms with Gasteiger partial charge >= 0.3 is 0 Å². The number of aliphatic hydroxyl groups excluding tert-OH is 1. The van der Waals surface area contributed by atoms with Crippen molar-refractivity contribution in [1.29, 1.82) is 0 Å². The van der Waals surface area contributed by atoms with Crippen molar-refractivity contribution in [1.82, 2.24) is 4.90 Å². The van der Waals surface area contributed by atoms with Gasteiger partial charge in [0, 0.05) is 11.5 Å². The van der Waals surface area contributed by atoms with Gasteiger partial charge in [-0.05, 0) is 41.4 Å². The summed E-state index contributed by atoms with van der Waals surface area (Å²) in [6.45, 7) is 3.71. The number of aryl methyl sites for hydroxylation is 1. The van der Waals surface area contributed by atoms with Crippen LogP contribution in [0.1, 0.15) is 22.8 Å². The summed E-state index contributed by atoms with van der Waals surface area (Å²) in [7, 11) is 1.69. The summed E-state index contributed by atoms with van der Waals surface area (Å²) in [5.41, 5.74) is 1.65. The van der Waals surface area contributed by atoms with Crippen molar-refractivity contribution in [2.45, 2.75) is 19.9 Å². The third-order valence-electron chi connectivity index (χ3n) is 2.67. The Morgan fingerprint density at radius 1 is 1.56 bits per heavy atom. The predicted molar refractivity (Wildman–Crippen MR) is 67.5 cm³/mol. The summed E-state index contributed by atoms with van der Waals surface area (Å²) in [4.78, 5) is 13.6. The van der Waals surface area contributed by atoms with Crippen LogP contribution < -0.4 is 0 Å². The number of hydrogen-bond donors (Lipinski definition) is 1. The summed E-state index contributed by atoms with van der Waals surface area (Å²) in [6, 6.07) is 5.39. The molecule has 1 aromatic carbocycles. The SMILES string of the molecule is Cc1cccc(C(=O)N(C)C(C)CO)c1Br. The van der Waals surface area contributed by atoms with Crippen molar-refractivity contribution in [3.63, 3.8) is 0 Å². The van der Waals surface area contributed by atoms with Gasteiger partial charge in [0.1, 0.15) is 0 Å². The minimum Gasteiger partial charge on any atom is -0.394 e. The number of amides is 1. The Hall–Kier alpha value is -0.870. The quantitative estimate of drug-likeness (QED) is 0.925. The van der Waals surface area contributed by atoms with E-state index in [-0.39, 0.29) is 18.6 Å². The number of aliphatic hydroxyl groups is 1. The molecule has 0 saturated heterocycles. The van der Waals surface area contributed by atoms with Crippen LogP contribution in [0.5, 0.6) is 0 Å². The number of rotatable bonds is 3. The fraction of sp³-hybridized carbons (Fsp3) is 0.417. The molecule has 1 N–H and O–H groups in total. The maximum atomic E-state index is 12.1. The number of nitrogens with zero attached hydrogens (tertiary/aromatic N) is 1. The maximum Gasteiger partial charge on any atom is 0.255 e. The van der Waals surface area contributed by atoms with Crippen LogP contribution in [0.15, 0.2) is 22.7 Å².